The third kappa shape index (κ3) is 1.68. The van der Waals surface area contributed by atoms with E-state index in [1.807, 2.05) is 26.8 Å². The number of ether oxygens (including phenoxy) is 2. The number of carbonyl (C=O) groups is 2. The van der Waals surface area contributed by atoms with E-state index in [9.17, 15) is 9.59 Å². The number of esters is 2. The second-order valence-electron chi connectivity index (χ2n) is 6.98. The second kappa shape index (κ2) is 4.54. The summed E-state index contributed by atoms with van der Waals surface area (Å²) in [6.07, 6.45) is 2.33. The van der Waals surface area contributed by atoms with Crippen molar-refractivity contribution in [3.8, 4) is 0 Å². The predicted octanol–water partition coefficient (Wildman–Crippen LogP) is 2.81. The fourth-order valence-corrected chi connectivity index (χ4v) is 3.63. The molecule has 1 saturated carbocycles. The third-order valence-corrected chi connectivity index (χ3v) is 5.80. The Hall–Kier alpha value is -1.91. The Morgan fingerprint density at radius 1 is 1.32 bits per heavy atom. The number of aromatic nitrogens is 1. The van der Waals surface area contributed by atoms with Gasteiger partial charge in [0.05, 0.1) is 11.1 Å². The molecule has 2 heterocycles. The molecule has 5 nitrogen and oxygen atoms in total. The Morgan fingerprint density at radius 2 is 2.05 bits per heavy atom. The molecule has 1 saturated heterocycles. The second-order valence-corrected chi connectivity index (χ2v) is 6.98. The van der Waals surface area contributed by atoms with E-state index in [1.54, 1.807) is 25.3 Å². The van der Waals surface area contributed by atoms with E-state index < -0.39 is 28.5 Å². The van der Waals surface area contributed by atoms with Gasteiger partial charge in [0.15, 0.2) is 0 Å². The summed E-state index contributed by atoms with van der Waals surface area (Å²) in [5.41, 5.74) is -1.71. The molecule has 0 amide bonds. The summed E-state index contributed by atoms with van der Waals surface area (Å²) >= 11 is 0. The Morgan fingerprint density at radius 3 is 2.55 bits per heavy atom. The van der Waals surface area contributed by atoms with E-state index in [2.05, 4.69) is 4.98 Å². The molecular formula is C17H21NO4. The zero-order chi connectivity index (χ0) is 16.2. The summed E-state index contributed by atoms with van der Waals surface area (Å²) in [7, 11) is 0. The first-order valence-electron chi connectivity index (χ1n) is 7.60. The molecule has 1 aromatic heterocycles. The molecule has 1 aliphatic heterocycles. The first kappa shape index (κ1) is 15.0. The maximum atomic E-state index is 12.8. The maximum absolute atomic E-state index is 12.8. The minimum atomic E-state index is -1.18. The molecule has 2 bridgehead atoms. The van der Waals surface area contributed by atoms with Crippen LogP contribution < -0.4 is 0 Å². The van der Waals surface area contributed by atoms with E-state index >= 15 is 0 Å². The smallest absolute Gasteiger partial charge is 0.351 e. The van der Waals surface area contributed by atoms with Crippen LogP contribution in [0, 0.1) is 10.8 Å². The van der Waals surface area contributed by atoms with Gasteiger partial charge in [-0.3, -0.25) is 9.78 Å². The van der Waals surface area contributed by atoms with Crippen molar-refractivity contribution in [2.75, 3.05) is 0 Å². The molecule has 5 heteroatoms. The third-order valence-electron chi connectivity index (χ3n) is 5.80. The summed E-state index contributed by atoms with van der Waals surface area (Å²) in [5.74, 6) is -0.767. The molecule has 1 aromatic rings. The number of hydrogen-bond acceptors (Lipinski definition) is 5. The lowest BCUT2D eigenvalue weighted by Gasteiger charge is -2.35. The summed E-state index contributed by atoms with van der Waals surface area (Å²) in [6.45, 7) is 7.48. The molecule has 2 fully saturated rings. The number of pyridine rings is 1. The molecule has 0 aromatic carbocycles. The highest BCUT2D eigenvalue weighted by molar-refractivity contribution is 5.93. The fourth-order valence-electron chi connectivity index (χ4n) is 3.63. The van der Waals surface area contributed by atoms with Gasteiger partial charge in [-0.15, -0.1) is 0 Å². The lowest BCUT2D eigenvalue weighted by Crippen LogP contribution is -2.49. The number of nitrogens with zero attached hydrogens (tertiary/aromatic N) is 1. The summed E-state index contributed by atoms with van der Waals surface area (Å²) in [5, 5.41) is 0. The molecule has 118 valence electrons. The largest absolute Gasteiger partial charge is 0.453 e. The molecule has 2 aliphatic rings. The van der Waals surface area contributed by atoms with Crippen LogP contribution in [0.1, 0.15) is 52.3 Å². The molecule has 0 radical (unpaired) electrons. The van der Waals surface area contributed by atoms with Crippen LogP contribution in [0.3, 0.4) is 0 Å². The van der Waals surface area contributed by atoms with Crippen molar-refractivity contribution in [2.45, 2.75) is 52.2 Å². The van der Waals surface area contributed by atoms with E-state index in [1.165, 1.54) is 0 Å². The van der Waals surface area contributed by atoms with Gasteiger partial charge in [-0.1, -0.05) is 19.9 Å². The van der Waals surface area contributed by atoms with Crippen LogP contribution in [0.15, 0.2) is 24.4 Å². The van der Waals surface area contributed by atoms with Crippen LogP contribution >= 0.6 is 0 Å². The Labute approximate surface area is 130 Å². The van der Waals surface area contributed by atoms with Gasteiger partial charge in [0.1, 0.15) is 6.10 Å². The van der Waals surface area contributed by atoms with E-state index in [0.29, 0.717) is 18.5 Å². The molecule has 0 N–H and O–H groups in total. The van der Waals surface area contributed by atoms with Crippen LogP contribution in [0.5, 0.6) is 0 Å². The highest BCUT2D eigenvalue weighted by Crippen LogP contribution is 2.65. The van der Waals surface area contributed by atoms with Crippen molar-refractivity contribution >= 4 is 11.9 Å². The molecule has 1 aliphatic carbocycles. The normalized spacial score (nSPS) is 33.4. The minimum Gasteiger partial charge on any atom is -0.453 e. The van der Waals surface area contributed by atoms with Crippen LogP contribution in [0.25, 0.3) is 0 Å². The topological polar surface area (TPSA) is 65.5 Å². The van der Waals surface area contributed by atoms with Crippen molar-refractivity contribution in [2.24, 2.45) is 10.8 Å². The molecule has 3 rings (SSSR count). The zero-order valence-electron chi connectivity index (χ0n) is 13.4. The summed E-state index contributed by atoms with van der Waals surface area (Å²) in [6, 6.07) is 5.46. The quantitative estimate of drug-likeness (QED) is 0.803. The van der Waals surface area contributed by atoms with Gasteiger partial charge in [0.2, 0.25) is 5.60 Å². The highest BCUT2D eigenvalue weighted by Gasteiger charge is 2.76. The fraction of sp³-hybridized carbons (Fsp3) is 0.588. The van der Waals surface area contributed by atoms with E-state index in [4.69, 9.17) is 9.47 Å². The molecule has 22 heavy (non-hydrogen) atoms. The van der Waals surface area contributed by atoms with Gasteiger partial charge in [-0.2, -0.15) is 0 Å². The maximum Gasteiger partial charge on any atom is 0.351 e. The lowest BCUT2D eigenvalue weighted by atomic mass is 9.66. The number of hydrogen-bond donors (Lipinski definition) is 0. The van der Waals surface area contributed by atoms with E-state index in [0.717, 1.165) is 0 Å². The van der Waals surface area contributed by atoms with Gasteiger partial charge in [-0.05, 0) is 38.8 Å². The number of fused-ring (bicyclic) bond motifs is 2. The van der Waals surface area contributed by atoms with Crippen LogP contribution in [0.4, 0.5) is 0 Å². The zero-order valence-corrected chi connectivity index (χ0v) is 13.4. The molecule has 0 spiro atoms. The first-order chi connectivity index (χ1) is 10.2. The van der Waals surface area contributed by atoms with Crippen LogP contribution in [0.2, 0.25) is 0 Å². The lowest BCUT2D eigenvalue weighted by molar-refractivity contribution is -0.187. The monoisotopic (exact) mass is 303 g/mol. The van der Waals surface area contributed by atoms with Crippen molar-refractivity contribution in [1.82, 2.24) is 4.98 Å². The Balaban J connectivity index is 1.85. The van der Waals surface area contributed by atoms with Crippen molar-refractivity contribution < 1.29 is 19.1 Å². The average Bonchev–Trinajstić information content (AvgIpc) is 2.78. The summed E-state index contributed by atoms with van der Waals surface area (Å²) in [4.78, 5) is 29.2. The summed E-state index contributed by atoms with van der Waals surface area (Å²) < 4.78 is 11.1. The van der Waals surface area contributed by atoms with Gasteiger partial charge in [0, 0.05) is 11.6 Å². The SMILES string of the molecule is C[C@@H](OC(=O)[C@@]12CC[C@@](C)(C(=O)O1)C2(C)C)c1ccccn1. The predicted molar refractivity (Wildman–Crippen MR) is 78.7 cm³/mol. The minimum absolute atomic E-state index is 0.300. The van der Waals surface area contributed by atoms with E-state index in [-0.39, 0.29) is 5.97 Å². The van der Waals surface area contributed by atoms with Gasteiger partial charge in [0.25, 0.3) is 0 Å². The van der Waals surface area contributed by atoms with Crippen LogP contribution in [-0.4, -0.2) is 22.5 Å². The van der Waals surface area contributed by atoms with Gasteiger partial charge >= 0.3 is 11.9 Å². The highest BCUT2D eigenvalue weighted by atomic mass is 16.6. The van der Waals surface area contributed by atoms with Gasteiger partial charge in [-0.25, -0.2) is 4.79 Å². The van der Waals surface area contributed by atoms with Crippen molar-refractivity contribution in [3.63, 3.8) is 0 Å². The average molecular weight is 303 g/mol. The Bertz CT molecular complexity index is 627. The van der Waals surface area contributed by atoms with Crippen molar-refractivity contribution in [3.05, 3.63) is 30.1 Å². The Kier molecular flexibility index (Phi) is 3.10. The standard InChI is InChI=1S/C17H21NO4/c1-11(12-7-5-6-10-18-12)21-14(20)17-9-8-16(4,13(19)22-17)15(17,2)3/h5-7,10-11H,8-9H2,1-4H3/t11-,16+,17-/m1/s1. The molecule has 3 atom stereocenters. The molecular weight excluding hydrogens is 282 g/mol. The first-order valence-corrected chi connectivity index (χ1v) is 7.60. The number of rotatable bonds is 3. The van der Waals surface area contributed by atoms with Crippen LogP contribution in [-0.2, 0) is 19.1 Å². The van der Waals surface area contributed by atoms with Gasteiger partial charge < -0.3 is 9.47 Å². The van der Waals surface area contributed by atoms with Crippen molar-refractivity contribution in [1.29, 1.82) is 0 Å². The molecule has 0 unspecified atom stereocenters. The number of carbonyl (C=O) groups excluding carboxylic acids is 2.